The average Bonchev–Trinajstić information content (AvgIpc) is 2.70. The summed E-state index contributed by atoms with van der Waals surface area (Å²) < 4.78 is 4.82. The van der Waals surface area contributed by atoms with Gasteiger partial charge < -0.3 is 20.1 Å². The number of nitrogens with one attached hydrogen (secondary N) is 2. The summed E-state index contributed by atoms with van der Waals surface area (Å²) in [6.45, 7) is -0.168. The number of hydrogen-bond donors (Lipinski definition) is 3. The first-order valence-corrected chi connectivity index (χ1v) is 7.40. The normalized spacial score (nSPS) is 14.0. The van der Waals surface area contributed by atoms with Crippen LogP contribution in [0.5, 0.6) is 0 Å². The smallest absolute Gasteiger partial charge is 0.329 e. The average molecular weight is 308 g/mol. The Labute approximate surface area is 127 Å². The SMILES string of the molecule is O=C(O)COCCNC(=O)c1cc2c([nH]c1=O)CCCCC2. The molecular weight excluding hydrogens is 288 g/mol. The number of H-pyrrole nitrogens is 1. The van der Waals surface area contributed by atoms with E-state index in [-0.39, 0.29) is 24.3 Å². The van der Waals surface area contributed by atoms with Crippen LogP contribution in [0.4, 0.5) is 0 Å². The number of hydrogen-bond acceptors (Lipinski definition) is 4. The number of amides is 1. The molecule has 0 fully saturated rings. The minimum atomic E-state index is -1.06. The van der Waals surface area contributed by atoms with Gasteiger partial charge >= 0.3 is 5.97 Å². The molecule has 0 saturated carbocycles. The first kappa shape index (κ1) is 16.2. The molecule has 7 heteroatoms. The molecule has 7 nitrogen and oxygen atoms in total. The molecule has 1 amide bonds. The number of carboxylic acid groups (broad SMARTS) is 1. The van der Waals surface area contributed by atoms with Gasteiger partial charge in [0, 0.05) is 12.2 Å². The lowest BCUT2D eigenvalue weighted by Crippen LogP contribution is -2.33. The maximum atomic E-state index is 12.0. The molecule has 1 heterocycles. The quantitative estimate of drug-likeness (QED) is 0.523. The standard InChI is InChI=1S/C15H20N2O5/c18-13(19)9-22-7-6-16-14(20)11-8-10-4-2-1-3-5-12(10)17-15(11)21/h8H,1-7,9H2,(H,16,20)(H,17,21)(H,18,19). The molecular formula is C15H20N2O5. The van der Waals surface area contributed by atoms with Gasteiger partial charge in [-0.25, -0.2) is 4.79 Å². The molecule has 0 unspecified atom stereocenters. The van der Waals surface area contributed by atoms with Crippen molar-refractivity contribution in [2.75, 3.05) is 19.8 Å². The molecule has 0 aliphatic heterocycles. The first-order chi connectivity index (χ1) is 10.6. The molecule has 3 N–H and O–H groups in total. The van der Waals surface area contributed by atoms with Crippen molar-refractivity contribution < 1.29 is 19.4 Å². The number of ether oxygens (including phenoxy) is 1. The lowest BCUT2D eigenvalue weighted by atomic mass is 10.1. The summed E-state index contributed by atoms with van der Waals surface area (Å²) in [5, 5.41) is 11.0. The third-order valence-corrected chi connectivity index (χ3v) is 3.59. The van der Waals surface area contributed by atoms with E-state index in [1.807, 2.05) is 0 Å². The second kappa shape index (κ2) is 7.74. The van der Waals surface area contributed by atoms with Crippen molar-refractivity contribution in [3.8, 4) is 0 Å². The van der Waals surface area contributed by atoms with Crippen molar-refractivity contribution in [1.29, 1.82) is 0 Å². The van der Waals surface area contributed by atoms with E-state index in [2.05, 4.69) is 10.3 Å². The van der Waals surface area contributed by atoms with Crippen LogP contribution in [0, 0.1) is 0 Å². The molecule has 0 spiro atoms. The predicted molar refractivity (Wildman–Crippen MR) is 79.1 cm³/mol. The van der Waals surface area contributed by atoms with Crippen molar-refractivity contribution in [2.24, 2.45) is 0 Å². The van der Waals surface area contributed by atoms with Gasteiger partial charge in [0.15, 0.2) is 0 Å². The Kier molecular flexibility index (Phi) is 5.71. The van der Waals surface area contributed by atoms with Gasteiger partial charge in [0.05, 0.1) is 6.61 Å². The fourth-order valence-electron chi connectivity index (χ4n) is 2.51. The van der Waals surface area contributed by atoms with Gasteiger partial charge in [-0.2, -0.15) is 0 Å². The lowest BCUT2D eigenvalue weighted by molar-refractivity contribution is -0.142. The number of pyridine rings is 1. The zero-order valence-corrected chi connectivity index (χ0v) is 12.3. The van der Waals surface area contributed by atoms with Crippen molar-refractivity contribution in [2.45, 2.75) is 32.1 Å². The molecule has 1 aromatic heterocycles. The number of fused-ring (bicyclic) bond motifs is 1. The van der Waals surface area contributed by atoms with Crippen LogP contribution in [0.3, 0.4) is 0 Å². The van der Waals surface area contributed by atoms with Gasteiger partial charge in [-0.05, 0) is 37.3 Å². The van der Waals surface area contributed by atoms with E-state index >= 15 is 0 Å². The highest BCUT2D eigenvalue weighted by Crippen LogP contribution is 2.18. The molecule has 0 radical (unpaired) electrons. The summed E-state index contributed by atoms with van der Waals surface area (Å²) in [6.07, 6.45) is 4.95. The van der Waals surface area contributed by atoms with Crippen LogP contribution < -0.4 is 10.9 Å². The van der Waals surface area contributed by atoms with Gasteiger partial charge in [-0.15, -0.1) is 0 Å². The van der Waals surface area contributed by atoms with Gasteiger partial charge in [-0.1, -0.05) is 6.42 Å². The number of carbonyl (C=O) groups excluding carboxylic acids is 1. The first-order valence-electron chi connectivity index (χ1n) is 7.40. The van der Waals surface area contributed by atoms with Gasteiger partial charge in [0.1, 0.15) is 12.2 Å². The third kappa shape index (κ3) is 4.42. The Morgan fingerprint density at radius 1 is 1.27 bits per heavy atom. The van der Waals surface area contributed by atoms with Crippen LogP contribution in [-0.4, -0.2) is 41.7 Å². The van der Waals surface area contributed by atoms with Crippen LogP contribution in [0.25, 0.3) is 0 Å². The Morgan fingerprint density at radius 3 is 2.82 bits per heavy atom. The van der Waals surface area contributed by atoms with Gasteiger partial charge in [-0.3, -0.25) is 9.59 Å². The second-order valence-electron chi connectivity index (χ2n) is 5.28. The summed E-state index contributed by atoms with van der Waals surface area (Å²) >= 11 is 0. The van der Waals surface area contributed by atoms with E-state index in [9.17, 15) is 14.4 Å². The van der Waals surface area contributed by atoms with Crippen LogP contribution >= 0.6 is 0 Å². The monoisotopic (exact) mass is 308 g/mol. The van der Waals surface area contributed by atoms with E-state index in [0.29, 0.717) is 0 Å². The molecule has 0 bridgehead atoms. The van der Waals surface area contributed by atoms with Crippen LogP contribution in [0.2, 0.25) is 0 Å². The molecule has 1 aliphatic rings. The van der Waals surface area contributed by atoms with E-state index in [4.69, 9.17) is 9.84 Å². The maximum absolute atomic E-state index is 12.0. The maximum Gasteiger partial charge on any atom is 0.329 e. The topological polar surface area (TPSA) is 108 Å². The highest BCUT2D eigenvalue weighted by atomic mass is 16.5. The number of carbonyl (C=O) groups is 2. The highest BCUT2D eigenvalue weighted by molar-refractivity contribution is 5.94. The molecule has 2 rings (SSSR count). The summed E-state index contributed by atoms with van der Waals surface area (Å²) in [4.78, 5) is 37.1. The lowest BCUT2D eigenvalue weighted by Gasteiger charge is -2.09. The van der Waals surface area contributed by atoms with Crippen LogP contribution in [0.1, 0.15) is 40.9 Å². The fraction of sp³-hybridized carbons (Fsp3) is 0.533. The van der Waals surface area contributed by atoms with Crippen molar-refractivity contribution in [1.82, 2.24) is 10.3 Å². The fourth-order valence-corrected chi connectivity index (χ4v) is 2.51. The largest absolute Gasteiger partial charge is 0.480 e. The molecule has 1 aliphatic carbocycles. The number of aryl methyl sites for hydroxylation is 2. The van der Waals surface area contributed by atoms with Crippen LogP contribution in [-0.2, 0) is 22.4 Å². The number of aromatic amines is 1. The zero-order valence-electron chi connectivity index (χ0n) is 12.3. The minimum absolute atomic E-state index is 0.0842. The van der Waals surface area contributed by atoms with Crippen molar-refractivity contribution in [3.05, 3.63) is 33.2 Å². The van der Waals surface area contributed by atoms with Crippen molar-refractivity contribution >= 4 is 11.9 Å². The van der Waals surface area contributed by atoms with Gasteiger partial charge in [0.2, 0.25) is 0 Å². The molecule has 0 aromatic carbocycles. The van der Waals surface area contributed by atoms with Gasteiger partial charge in [0.25, 0.3) is 11.5 Å². The highest BCUT2D eigenvalue weighted by Gasteiger charge is 2.16. The second-order valence-corrected chi connectivity index (χ2v) is 5.28. The molecule has 0 atom stereocenters. The Hall–Kier alpha value is -2.15. The summed E-state index contributed by atoms with van der Waals surface area (Å²) in [7, 11) is 0. The number of rotatable bonds is 6. The van der Waals surface area contributed by atoms with E-state index in [0.717, 1.165) is 43.4 Å². The Balaban J connectivity index is 1.96. The Morgan fingerprint density at radius 2 is 2.05 bits per heavy atom. The predicted octanol–water partition coefficient (Wildman–Crippen LogP) is 0.475. The summed E-state index contributed by atoms with van der Waals surface area (Å²) in [5.41, 5.74) is 1.68. The van der Waals surface area contributed by atoms with Crippen molar-refractivity contribution in [3.63, 3.8) is 0 Å². The van der Waals surface area contributed by atoms with E-state index < -0.39 is 18.5 Å². The molecule has 0 saturated heterocycles. The number of aromatic nitrogens is 1. The van der Waals surface area contributed by atoms with E-state index in [1.165, 1.54) is 0 Å². The number of aliphatic carboxylic acids is 1. The molecule has 120 valence electrons. The van der Waals surface area contributed by atoms with Crippen LogP contribution in [0.15, 0.2) is 10.9 Å². The molecule has 22 heavy (non-hydrogen) atoms. The molecule has 1 aromatic rings. The summed E-state index contributed by atoms with van der Waals surface area (Å²) in [6, 6.07) is 1.67. The third-order valence-electron chi connectivity index (χ3n) is 3.59. The number of carboxylic acids is 1. The minimum Gasteiger partial charge on any atom is -0.480 e. The zero-order chi connectivity index (χ0) is 15.9. The summed E-state index contributed by atoms with van der Waals surface area (Å²) in [5.74, 6) is -1.53. The van der Waals surface area contributed by atoms with E-state index in [1.54, 1.807) is 6.07 Å². The Bertz CT molecular complexity index is 608.